The average molecular weight is 313 g/mol. The van der Waals surface area contributed by atoms with Gasteiger partial charge >= 0.3 is 5.97 Å². The number of carbonyl (C=O) groups is 2. The van der Waals surface area contributed by atoms with Gasteiger partial charge in [-0.15, -0.1) is 11.8 Å². The van der Waals surface area contributed by atoms with Crippen molar-refractivity contribution in [1.82, 2.24) is 4.90 Å². The molecule has 0 aromatic rings. The van der Waals surface area contributed by atoms with Crippen LogP contribution < -0.4 is 0 Å². The summed E-state index contributed by atoms with van der Waals surface area (Å²) in [5.41, 5.74) is -0.305. The molecule has 0 aromatic carbocycles. The number of carboxylic acid groups (broad SMARTS) is 1. The number of aliphatic carboxylic acids is 1. The van der Waals surface area contributed by atoms with Crippen molar-refractivity contribution in [2.75, 3.05) is 5.75 Å². The fraction of sp³-hybridized carbons (Fsp3) is 0.875. The second-order valence-corrected chi connectivity index (χ2v) is 8.06. The summed E-state index contributed by atoms with van der Waals surface area (Å²) in [5.74, 6) is 0.241. The molecule has 1 aliphatic carbocycles. The highest BCUT2D eigenvalue weighted by atomic mass is 32.2. The molecule has 1 saturated carbocycles. The number of thioether (sulfide) groups is 1. The lowest BCUT2D eigenvalue weighted by atomic mass is 9.77. The standard InChI is InChI=1S/C16H27NO3S/c1-4-13-17(12(10-21-13)14(18)19)15(20)16(9-11(2)3)7-5-6-8-16/h11-13H,4-10H2,1-3H3,(H,18,19). The molecule has 0 aromatic heterocycles. The van der Waals surface area contributed by atoms with Crippen LogP contribution in [0, 0.1) is 11.3 Å². The molecule has 5 heteroatoms. The van der Waals surface area contributed by atoms with E-state index in [0.717, 1.165) is 38.5 Å². The Balaban J connectivity index is 2.27. The van der Waals surface area contributed by atoms with E-state index in [1.807, 2.05) is 6.92 Å². The van der Waals surface area contributed by atoms with Gasteiger partial charge in [-0.2, -0.15) is 0 Å². The van der Waals surface area contributed by atoms with Crippen molar-refractivity contribution in [3.05, 3.63) is 0 Å². The first-order valence-electron chi connectivity index (χ1n) is 8.08. The highest BCUT2D eigenvalue weighted by Crippen LogP contribution is 2.47. The zero-order chi connectivity index (χ0) is 15.6. The predicted molar refractivity (Wildman–Crippen MR) is 85.2 cm³/mol. The van der Waals surface area contributed by atoms with E-state index < -0.39 is 12.0 Å². The van der Waals surface area contributed by atoms with Gasteiger partial charge in [0.05, 0.1) is 5.37 Å². The Morgan fingerprint density at radius 1 is 1.33 bits per heavy atom. The summed E-state index contributed by atoms with van der Waals surface area (Å²) in [7, 11) is 0. The van der Waals surface area contributed by atoms with Crippen molar-refractivity contribution in [3.63, 3.8) is 0 Å². The molecular formula is C16H27NO3S. The van der Waals surface area contributed by atoms with Crippen LogP contribution >= 0.6 is 11.8 Å². The Hall–Kier alpha value is -0.710. The predicted octanol–water partition coefficient (Wildman–Crippen LogP) is 3.36. The molecule has 21 heavy (non-hydrogen) atoms. The van der Waals surface area contributed by atoms with Gasteiger partial charge in [0.2, 0.25) is 5.91 Å². The first-order chi connectivity index (χ1) is 9.91. The summed E-state index contributed by atoms with van der Waals surface area (Å²) in [6.45, 7) is 6.34. The van der Waals surface area contributed by atoms with E-state index in [0.29, 0.717) is 11.7 Å². The van der Waals surface area contributed by atoms with Crippen molar-refractivity contribution in [1.29, 1.82) is 0 Å². The van der Waals surface area contributed by atoms with Crippen molar-refractivity contribution < 1.29 is 14.7 Å². The minimum absolute atomic E-state index is 0.0308. The molecule has 1 saturated heterocycles. The molecule has 2 atom stereocenters. The molecule has 4 nitrogen and oxygen atoms in total. The number of carbonyl (C=O) groups excluding carboxylic acids is 1. The zero-order valence-electron chi connectivity index (χ0n) is 13.3. The van der Waals surface area contributed by atoms with Gasteiger partial charge in [0, 0.05) is 11.2 Å². The molecule has 2 unspecified atom stereocenters. The monoisotopic (exact) mass is 313 g/mol. The summed E-state index contributed by atoms with van der Waals surface area (Å²) in [5, 5.41) is 9.48. The maximum Gasteiger partial charge on any atom is 0.327 e. The van der Waals surface area contributed by atoms with E-state index >= 15 is 0 Å². The number of hydrogen-bond acceptors (Lipinski definition) is 3. The van der Waals surface area contributed by atoms with Crippen molar-refractivity contribution in [2.24, 2.45) is 11.3 Å². The largest absolute Gasteiger partial charge is 0.480 e. The fourth-order valence-electron chi connectivity index (χ4n) is 3.95. The van der Waals surface area contributed by atoms with E-state index in [-0.39, 0.29) is 16.7 Å². The smallest absolute Gasteiger partial charge is 0.327 e. The number of amides is 1. The highest BCUT2D eigenvalue weighted by molar-refractivity contribution is 8.00. The molecule has 1 N–H and O–H groups in total. The second-order valence-electron chi connectivity index (χ2n) is 6.85. The molecule has 0 radical (unpaired) electrons. The molecule has 1 amide bonds. The molecule has 0 spiro atoms. The molecule has 1 heterocycles. The van der Waals surface area contributed by atoms with E-state index in [1.54, 1.807) is 16.7 Å². The van der Waals surface area contributed by atoms with E-state index in [9.17, 15) is 14.7 Å². The Labute approximate surface area is 131 Å². The quantitative estimate of drug-likeness (QED) is 0.845. The summed E-state index contributed by atoms with van der Waals surface area (Å²) in [6.07, 6.45) is 5.73. The van der Waals surface area contributed by atoms with Gasteiger partial charge in [-0.25, -0.2) is 4.79 Å². The Morgan fingerprint density at radius 2 is 1.95 bits per heavy atom. The van der Waals surface area contributed by atoms with Crippen molar-refractivity contribution >= 4 is 23.6 Å². The Morgan fingerprint density at radius 3 is 2.43 bits per heavy atom. The minimum Gasteiger partial charge on any atom is -0.480 e. The van der Waals surface area contributed by atoms with E-state index in [2.05, 4.69) is 13.8 Å². The van der Waals surface area contributed by atoms with Crippen LogP contribution in [0.4, 0.5) is 0 Å². The van der Waals surface area contributed by atoms with E-state index in [1.165, 1.54) is 0 Å². The molecule has 2 aliphatic rings. The fourth-order valence-corrected chi connectivity index (χ4v) is 5.30. The minimum atomic E-state index is -0.857. The summed E-state index contributed by atoms with van der Waals surface area (Å²) in [6, 6.07) is -0.642. The third-order valence-corrected chi connectivity index (χ3v) is 6.23. The molecule has 1 aliphatic heterocycles. The number of carboxylic acids is 1. The van der Waals surface area contributed by atoms with Gasteiger partial charge in [-0.1, -0.05) is 33.6 Å². The highest BCUT2D eigenvalue weighted by Gasteiger charge is 2.50. The lowest BCUT2D eigenvalue weighted by molar-refractivity contribution is -0.155. The van der Waals surface area contributed by atoms with Crippen LogP contribution in [0.25, 0.3) is 0 Å². The summed E-state index contributed by atoms with van der Waals surface area (Å²) < 4.78 is 0. The SMILES string of the molecule is CCC1SCC(C(=O)O)N1C(=O)C1(CC(C)C)CCCC1. The third-order valence-electron chi connectivity index (χ3n) is 4.77. The van der Waals surface area contributed by atoms with Gasteiger partial charge in [0.25, 0.3) is 0 Å². The molecule has 0 bridgehead atoms. The lowest BCUT2D eigenvalue weighted by Gasteiger charge is -2.37. The first kappa shape index (κ1) is 16.7. The Kier molecular flexibility index (Phi) is 5.23. The molecule has 2 rings (SSSR count). The van der Waals surface area contributed by atoms with Crippen molar-refractivity contribution in [2.45, 2.75) is 70.7 Å². The van der Waals surface area contributed by atoms with Gasteiger partial charge in [-0.3, -0.25) is 4.79 Å². The van der Waals surface area contributed by atoms with Crippen LogP contribution in [0.15, 0.2) is 0 Å². The summed E-state index contributed by atoms with van der Waals surface area (Å²) in [4.78, 5) is 26.5. The number of rotatable bonds is 5. The van der Waals surface area contributed by atoms with E-state index in [4.69, 9.17) is 0 Å². The van der Waals surface area contributed by atoms with Crippen LogP contribution in [0.3, 0.4) is 0 Å². The average Bonchev–Trinajstić information content (AvgIpc) is 3.03. The van der Waals surface area contributed by atoms with Crippen LogP contribution in [0.2, 0.25) is 0 Å². The van der Waals surface area contributed by atoms with Gasteiger partial charge in [0.15, 0.2) is 0 Å². The van der Waals surface area contributed by atoms with Crippen molar-refractivity contribution in [3.8, 4) is 0 Å². The van der Waals surface area contributed by atoms with Crippen LogP contribution in [-0.2, 0) is 9.59 Å². The number of nitrogens with zero attached hydrogens (tertiary/aromatic N) is 1. The topological polar surface area (TPSA) is 57.6 Å². The van der Waals surface area contributed by atoms with Gasteiger partial charge in [0.1, 0.15) is 6.04 Å². The maximum atomic E-state index is 13.2. The maximum absolute atomic E-state index is 13.2. The van der Waals surface area contributed by atoms with Crippen LogP contribution in [0.1, 0.15) is 59.3 Å². The number of hydrogen-bond donors (Lipinski definition) is 1. The molecule has 2 fully saturated rings. The second kappa shape index (κ2) is 6.59. The van der Waals surface area contributed by atoms with Gasteiger partial charge < -0.3 is 10.0 Å². The first-order valence-corrected chi connectivity index (χ1v) is 9.13. The normalized spacial score (nSPS) is 28.3. The summed E-state index contributed by atoms with van der Waals surface area (Å²) >= 11 is 1.62. The lowest BCUT2D eigenvalue weighted by Crippen LogP contribution is -2.51. The molecular weight excluding hydrogens is 286 g/mol. The zero-order valence-corrected chi connectivity index (χ0v) is 14.1. The van der Waals surface area contributed by atoms with Crippen LogP contribution in [0.5, 0.6) is 0 Å². The van der Waals surface area contributed by atoms with Gasteiger partial charge in [-0.05, 0) is 31.6 Å². The molecule has 120 valence electrons. The Bertz CT molecular complexity index is 404. The third kappa shape index (κ3) is 3.22. The van der Waals surface area contributed by atoms with Crippen LogP contribution in [-0.4, -0.2) is 39.1 Å².